The van der Waals surface area contributed by atoms with E-state index in [2.05, 4.69) is 4.72 Å². The highest BCUT2D eigenvalue weighted by Crippen LogP contribution is 2.25. The van der Waals surface area contributed by atoms with Crippen LogP contribution < -0.4 is 9.62 Å². The molecule has 1 amide bonds. The van der Waals surface area contributed by atoms with E-state index in [1.54, 1.807) is 29.2 Å². The van der Waals surface area contributed by atoms with Gasteiger partial charge in [-0.3, -0.25) is 4.79 Å². The molecule has 168 valence electrons. The minimum Gasteiger partial charge on any atom is -0.368 e. The first kappa shape index (κ1) is 23.2. The summed E-state index contributed by atoms with van der Waals surface area (Å²) in [5.41, 5.74) is 1.92. The largest absolute Gasteiger partial charge is 0.368 e. The average Bonchev–Trinajstić information content (AvgIpc) is 2.76. The molecule has 0 aliphatic carbocycles. The monoisotopic (exact) mass is 447 g/mol. The van der Waals surface area contributed by atoms with Gasteiger partial charge >= 0.3 is 0 Å². The van der Waals surface area contributed by atoms with Gasteiger partial charge in [-0.05, 0) is 75.6 Å². The maximum absolute atomic E-state index is 14.3. The molecule has 8 heteroatoms. The fraction of sp³-hybridized carbons (Fsp3) is 0.435. The molecule has 0 spiro atoms. The van der Waals surface area contributed by atoms with Crippen LogP contribution >= 0.6 is 0 Å². The summed E-state index contributed by atoms with van der Waals surface area (Å²) in [6.45, 7) is 7.98. The number of sulfonamides is 1. The minimum absolute atomic E-state index is 0.113. The number of benzene rings is 2. The summed E-state index contributed by atoms with van der Waals surface area (Å²) in [5.74, 6) is -0.424. The lowest BCUT2D eigenvalue weighted by molar-refractivity contribution is 0.0773. The molecule has 1 aliphatic rings. The maximum atomic E-state index is 14.3. The highest BCUT2D eigenvalue weighted by atomic mass is 32.2. The molecule has 1 unspecified atom stereocenters. The number of carbonyl (C=O) groups excluding carboxylic acids is 1. The number of rotatable bonds is 7. The zero-order chi connectivity index (χ0) is 22.6. The lowest BCUT2D eigenvalue weighted by Gasteiger charge is -2.35. The highest BCUT2D eigenvalue weighted by molar-refractivity contribution is 7.89. The van der Waals surface area contributed by atoms with Crippen molar-refractivity contribution < 1.29 is 17.6 Å². The normalized spacial score (nSPS) is 16.9. The summed E-state index contributed by atoms with van der Waals surface area (Å²) >= 11 is 0. The molecule has 1 saturated heterocycles. The van der Waals surface area contributed by atoms with Gasteiger partial charge in [0.25, 0.3) is 5.91 Å². The zero-order valence-corrected chi connectivity index (χ0v) is 19.1. The molecule has 0 bridgehead atoms. The predicted octanol–water partition coefficient (Wildman–Crippen LogP) is 3.56. The second-order valence-corrected chi connectivity index (χ2v) is 9.58. The number of nitrogens with one attached hydrogen (secondary N) is 1. The molecule has 0 saturated carbocycles. The van der Waals surface area contributed by atoms with Crippen molar-refractivity contribution in [3.8, 4) is 0 Å². The third-order valence-corrected chi connectivity index (χ3v) is 7.18. The number of piperidine rings is 1. The summed E-state index contributed by atoms with van der Waals surface area (Å²) in [6, 6.07) is 10.6. The minimum atomic E-state index is -3.75. The van der Waals surface area contributed by atoms with Gasteiger partial charge < -0.3 is 9.80 Å². The molecule has 6 nitrogen and oxygen atoms in total. The van der Waals surface area contributed by atoms with Crippen molar-refractivity contribution in [2.24, 2.45) is 0 Å². The van der Waals surface area contributed by atoms with Crippen molar-refractivity contribution in [2.75, 3.05) is 31.1 Å². The fourth-order valence-corrected chi connectivity index (χ4v) is 5.18. The third kappa shape index (κ3) is 5.43. The summed E-state index contributed by atoms with van der Waals surface area (Å²) < 4.78 is 42.8. The van der Waals surface area contributed by atoms with E-state index in [0.717, 1.165) is 12.0 Å². The van der Waals surface area contributed by atoms with E-state index in [9.17, 15) is 17.6 Å². The smallest absolute Gasteiger partial charge is 0.253 e. The van der Waals surface area contributed by atoms with E-state index in [1.165, 1.54) is 18.2 Å². The Hall–Kier alpha value is -2.45. The van der Waals surface area contributed by atoms with Gasteiger partial charge in [0.05, 0.1) is 10.6 Å². The van der Waals surface area contributed by atoms with Crippen molar-refractivity contribution >= 4 is 21.6 Å². The number of hydrogen-bond acceptors (Lipinski definition) is 4. The Labute approximate surface area is 184 Å². The second-order valence-electron chi connectivity index (χ2n) is 7.86. The maximum Gasteiger partial charge on any atom is 0.253 e. The Morgan fingerprint density at radius 1 is 1.16 bits per heavy atom. The Morgan fingerprint density at radius 2 is 1.84 bits per heavy atom. The third-order valence-electron chi connectivity index (χ3n) is 5.65. The molecule has 0 aromatic heterocycles. The Kier molecular flexibility index (Phi) is 7.33. The van der Waals surface area contributed by atoms with Gasteiger partial charge in [0, 0.05) is 37.8 Å². The molecular formula is C23H30FN3O3S. The van der Waals surface area contributed by atoms with E-state index in [4.69, 9.17) is 0 Å². The van der Waals surface area contributed by atoms with Gasteiger partial charge in [-0.1, -0.05) is 6.07 Å². The molecule has 31 heavy (non-hydrogen) atoms. The topological polar surface area (TPSA) is 69.7 Å². The molecule has 1 atom stereocenters. The Balaban J connectivity index is 1.71. The number of aryl methyl sites for hydroxylation is 1. The van der Waals surface area contributed by atoms with Gasteiger partial charge in [0.2, 0.25) is 10.0 Å². The number of amides is 1. The van der Waals surface area contributed by atoms with E-state index in [0.29, 0.717) is 43.9 Å². The standard InChI is InChI=1S/C23H30FN3O3S/c1-4-26(5-2)23(28)18-9-11-20(12-10-18)31(29,30)25-19-7-6-14-27(16-19)22-15-17(3)8-13-21(22)24/h8-13,15,19,25H,4-7,14,16H2,1-3H3. The van der Waals surface area contributed by atoms with Crippen LogP contribution in [0.3, 0.4) is 0 Å². The fourth-order valence-electron chi connectivity index (χ4n) is 3.91. The van der Waals surface area contributed by atoms with Crippen LogP contribution in [0, 0.1) is 12.7 Å². The molecule has 0 radical (unpaired) electrons. The second kappa shape index (κ2) is 9.78. The Morgan fingerprint density at radius 3 is 2.48 bits per heavy atom. The molecule has 1 heterocycles. The molecule has 2 aromatic rings. The summed E-state index contributed by atoms with van der Waals surface area (Å²) in [4.78, 5) is 16.1. The molecule has 1 aliphatic heterocycles. The van der Waals surface area contributed by atoms with Gasteiger partial charge in [-0.2, -0.15) is 0 Å². The molecule has 1 fully saturated rings. The van der Waals surface area contributed by atoms with Crippen molar-refractivity contribution in [2.45, 2.75) is 44.6 Å². The summed E-state index contributed by atoms with van der Waals surface area (Å²) in [5, 5.41) is 0. The van der Waals surface area contributed by atoms with Crippen LogP contribution in [0.1, 0.15) is 42.6 Å². The van der Waals surface area contributed by atoms with Gasteiger partial charge in [-0.15, -0.1) is 0 Å². The van der Waals surface area contributed by atoms with E-state index in [-0.39, 0.29) is 22.7 Å². The number of anilines is 1. The van der Waals surface area contributed by atoms with Crippen LogP contribution in [0.2, 0.25) is 0 Å². The van der Waals surface area contributed by atoms with Crippen molar-refractivity contribution in [3.05, 3.63) is 59.4 Å². The van der Waals surface area contributed by atoms with Crippen molar-refractivity contribution in [1.29, 1.82) is 0 Å². The van der Waals surface area contributed by atoms with Crippen LogP contribution in [-0.2, 0) is 10.0 Å². The number of nitrogens with zero attached hydrogens (tertiary/aromatic N) is 2. The van der Waals surface area contributed by atoms with E-state index in [1.807, 2.05) is 25.7 Å². The first-order chi connectivity index (χ1) is 14.7. The Bertz CT molecular complexity index is 1020. The number of carbonyl (C=O) groups is 1. The van der Waals surface area contributed by atoms with E-state index >= 15 is 0 Å². The van der Waals surface area contributed by atoms with Crippen LogP contribution in [-0.4, -0.2) is 51.4 Å². The van der Waals surface area contributed by atoms with Crippen LogP contribution in [0.4, 0.5) is 10.1 Å². The van der Waals surface area contributed by atoms with Crippen LogP contribution in [0.25, 0.3) is 0 Å². The van der Waals surface area contributed by atoms with E-state index < -0.39 is 10.0 Å². The predicted molar refractivity (Wildman–Crippen MR) is 120 cm³/mol. The summed E-state index contributed by atoms with van der Waals surface area (Å²) in [7, 11) is -3.75. The van der Waals surface area contributed by atoms with Gasteiger partial charge in [0.15, 0.2) is 0 Å². The molecule has 3 rings (SSSR count). The average molecular weight is 448 g/mol. The number of halogens is 1. The molecule has 1 N–H and O–H groups in total. The van der Waals surface area contributed by atoms with Crippen molar-refractivity contribution in [3.63, 3.8) is 0 Å². The first-order valence-corrected chi connectivity index (χ1v) is 12.2. The van der Waals surface area contributed by atoms with Crippen LogP contribution in [0.5, 0.6) is 0 Å². The SMILES string of the molecule is CCN(CC)C(=O)c1ccc(S(=O)(=O)NC2CCCN(c3cc(C)ccc3F)C2)cc1. The lowest BCUT2D eigenvalue weighted by atomic mass is 10.1. The van der Waals surface area contributed by atoms with Crippen molar-refractivity contribution in [1.82, 2.24) is 9.62 Å². The number of hydrogen-bond donors (Lipinski definition) is 1. The zero-order valence-electron chi connectivity index (χ0n) is 18.3. The lowest BCUT2D eigenvalue weighted by Crippen LogP contribution is -2.48. The highest BCUT2D eigenvalue weighted by Gasteiger charge is 2.27. The van der Waals surface area contributed by atoms with Gasteiger partial charge in [0.1, 0.15) is 5.82 Å². The van der Waals surface area contributed by atoms with Crippen LogP contribution in [0.15, 0.2) is 47.4 Å². The first-order valence-electron chi connectivity index (χ1n) is 10.7. The summed E-state index contributed by atoms with van der Waals surface area (Å²) in [6.07, 6.45) is 1.44. The quantitative estimate of drug-likeness (QED) is 0.705. The molecular weight excluding hydrogens is 417 g/mol. The van der Waals surface area contributed by atoms with Gasteiger partial charge in [-0.25, -0.2) is 17.5 Å². The molecule has 2 aromatic carbocycles.